The van der Waals surface area contributed by atoms with Crippen molar-refractivity contribution in [3.63, 3.8) is 0 Å². The maximum Gasteiger partial charge on any atom is 0.435 e. The summed E-state index contributed by atoms with van der Waals surface area (Å²) in [6.45, 7) is 0.899. The third-order valence-electron chi connectivity index (χ3n) is 6.95. The summed E-state index contributed by atoms with van der Waals surface area (Å²) in [7, 11) is -3.86. The van der Waals surface area contributed by atoms with Crippen LogP contribution in [-0.2, 0) is 22.7 Å². The molecule has 1 aromatic heterocycles. The van der Waals surface area contributed by atoms with Crippen molar-refractivity contribution in [1.82, 2.24) is 15.1 Å². The fourth-order valence-corrected chi connectivity index (χ4v) is 5.08. The first-order valence-corrected chi connectivity index (χ1v) is 14.7. The fraction of sp³-hybridized carbons (Fsp3) is 0.241. The van der Waals surface area contributed by atoms with Crippen LogP contribution in [0.15, 0.2) is 83.8 Å². The van der Waals surface area contributed by atoms with Crippen LogP contribution in [0, 0.1) is 5.92 Å². The summed E-state index contributed by atoms with van der Waals surface area (Å²) in [4.78, 5) is 13.3. The molecule has 5 rings (SSSR count). The van der Waals surface area contributed by atoms with Crippen LogP contribution in [0.3, 0.4) is 0 Å². The van der Waals surface area contributed by atoms with Gasteiger partial charge in [0.05, 0.1) is 16.6 Å². The number of benzene rings is 3. The minimum Gasteiger partial charge on any atom is -0.326 e. The Morgan fingerprint density at radius 3 is 2.36 bits per heavy atom. The third kappa shape index (κ3) is 6.87. The highest BCUT2D eigenvalue weighted by molar-refractivity contribution is 7.89. The minimum absolute atomic E-state index is 0.0138. The lowest BCUT2D eigenvalue weighted by molar-refractivity contribution is -0.141. The zero-order chi connectivity index (χ0) is 30.1. The molecule has 1 aliphatic carbocycles. The number of anilines is 1. The number of alkyl halides is 3. The number of nitrogens with two attached hydrogens (primary N) is 2. The Kier molecular flexibility index (Phi) is 8.19. The SMILES string of the molecule is NCc1cccc(-n2nc(C(F)(F)F)cc2C(=O)Nc2cccc(C(NCC3CC3)c3ccc(S(N)(=O)=O)cc3)c2)c1. The second kappa shape index (κ2) is 11.7. The molecule has 6 N–H and O–H groups in total. The van der Waals surface area contributed by atoms with Crippen molar-refractivity contribution in [2.45, 2.75) is 36.5 Å². The average Bonchev–Trinajstić information content (AvgIpc) is 3.66. The number of rotatable bonds is 10. The number of nitrogens with zero attached hydrogens (tertiary/aromatic N) is 2. The van der Waals surface area contributed by atoms with Gasteiger partial charge in [-0.1, -0.05) is 36.4 Å². The lowest BCUT2D eigenvalue weighted by Gasteiger charge is -2.21. The van der Waals surface area contributed by atoms with Gasteiger partial charge in [-0.3, -0.25) is 4.79 Å². The van der Waals surface area contributed by atoms with E-state index < -0.39 is 27.8 Å². The molecule has 220 valence electrons. The lowest BCUT2D eigenvalue weighted by atomic mass is 9.98. The van der Waals surface area contributed by atoms with Crippen LogP contribution in [0.4, 0.5) is 18.9 Å². The van der Waals surface area contributed by atoms with Crippen molar-refractivity contribution in [3.8, 4) is 5.69 Å². The normalized spacial score (nSPS) is 14.5. The number of aromatic nitrogens is 2. The number of carbonyl (C=O) groups excluding carboxylic acids is 1. The molecule has 1 unspecified atom stereocenters. The van der Waals surface area contributed by atoms with E-state index in [9.17, 15) is 26.4 Å². The predicted molar refractivity (Wildman–Crippen MR) is 151 cm³/mol. The summed E-state index contributed by atoms with van der Waals surface area (Å²) < 4.78 is 65.2. The van der Waals surface area contributed by atoms with Crippen molar-refractivity contribution in [2.75, 3.05) is 11.9 Å². The highest BCUT2D eigenvalue weighted by Crippen LogP contribution is 2.32. The quantitative estimate of drug-likeness (QED) is 0.214. The molecular weight excluding hydrogens is 569 g/mol. The molecule has 9 nitrogen and oxygen atoms in total. The molecule has 1 amide bonds. The molecule has 1 saturated carbocycles. The second-order valence-electron chi connectivity index (χ2n) is 10.2. The largest absolute Gasteiger partial charge is 0.435 e. The number of nitrogens with one attached hydrogen (secondary N) is 2. The monoisotopic (exact) mass is 598 g/mol. The van der Waals surface area contributed by atoms with Gasteiger partial charge in [-0.2, -0.15) is 18.3 Å². The van der Waals surface area contributed by atoms with Gasteiger partial charge in [0.2, 0.25) is 10.0 Å². The molecule has 0 spiro atoms. The summed E-state index contributed by atoms with van der Waals surface area (Å²) in [5, 5.41) is 15.1. The van der Waals surface area contributed by atoms with E-state index in [1.807, 2.05) is 6.07 Å². The Morgan fingerprint density at radius 2 is 1.71 bits per heavy atom. The summed E-state index contributed by atoms with van der Waals surface area (Å²) in [5.41, 5.74) is 7.01. The van der Waals surface area contributed by atoms with Crippen molar-refractivity contribution in [3.05, 3.63) is 107 Å². The zero-order valence-corrected chi connectivity index (χ0v) is 23.1. The molecule has 1 aliphatic rings. The number of hydrogen-bond acceptors (Lipinski definition) is 6. The van der Waals surface area contributed by atoms with E-state index in [-0.39, 0.29) is 28.9 Å². The van der Waals surface area contributed by atoms with E-state index in [4.69, 9.17) is 10.9 Å². The molecule has 1 atom stereocenters. The van der Waals surface area contributed by atoms with Gasteiger partial charge < -0.3 is 16.4 Å². The van der Waals surface area contributed by atoms with E-state index in [0.29, 0.717) is 23.2 Å². The number of halogens is 3. The molecule has 42 heavy (non-hydrogen) atoms. The summed E-state index contributed by atoms with van der Waals surface area (Å²) in [5.74, 6) is -0.242. The fourth-order valence-electron chi connectivity index (χ4n) is 4.57. The van der Waals surface area contributed by atoms with E-state index in [0.717, 1.165) is 35.2 Å². The van der Waals surface area contributed by atoms with Gasteiger partial charge >= 0.3 is 6.18 Å². The van der Waals surface area contributed by atoms with E-state index in [1.165, 1.54) is 12.1 Å². The third-order valence-corrected chi connectivity index (χ3v) is 7.88. The van der Waals surface area contributed by atoms with Gasteiger partial charge in [0.15, 0.2) is 5.69 Å². The van der Waals surface area contributed by atoms with Gasteiger partial charge in [0, 0.05) is 18.3 Å². The maximum absolute atomic E-state index is 13.6. The molecule has 0 bridgehead atoms. The average molecular weight is 599 g/mol. The van der Waals surface area contributed by atoms with Crippen LogP contribution in [-0.4, -0.2) is 30.7 Å². The number of sulfonamides is 1. The standard InChI is InChI=1S/C29H29F3N6O3S/c30-29(31,32)26-15-25(38(37-26)23-6-1-3-19(13-23)16-33)28(39)36-22-5-2-4-21(14-22)27(35-17-18-7-8-18)20-9-11-24(12-10-20)42(34,40)41/h1-6,9-15,18,27,35H,7-8,16-17,33H2,(H,36,39)(H2,34,40,41). The van der Waals surface area contributed by atoms with Crippen molar-refractivity contribution < 1.29 is 26.4 Å². The lowest BCUT2D eigenvalue weighted by Crippen LogP contribution is -2.25. The molecule has 3 aromatic carbocycles. The molecule has 13 heteroatoms. The Hall–Kier alpha value is -4.04. The topological polar surface area (TPSA) is 145 Å². The minimum atomic E-state index is -4.76. The van der Waals surface area contributed by atoms with Gasteiger partial charge in [0.1, 0.15) is 5.69 Å². The first kappa shape index (κ1) is 29.5. The Morgan fingerprint density at radius 1 is 1.00 bits per heavy atom. The Bertz CT molecular complexity index is 1700. The van der Waals surface area contributed by atoms with Crippen molar-refractivity contribution >= 4 is 21.6 Å². The van der Waals surface area contributed by atoms with Crippen LogP contribution in [0.5, 0.6) is 0 Å². The molecule has 0 aliphatic heterocycles. The highest BCUT2D eigenvalue weighted by atomic mass is 32.2. The maximum atomic E-state index is 13.6. The van der Waals surface area contributed by atoms with Crippen LogP contribution >= 0.6 is 0 Å². The number of amides is 1. The van der Waals surface area contributed by atoms with E-state index >= 15 is 0 Å². The second-order valence-corrected chi connectivity index (χ2v) is 11.7. The number of carbonyl (C=O) groups is 1. The summed E-state index contributed by atoms with van der Waals surface area (Å²) in [6.07, 6.45) is -2.53. The van der Waals surface area contributed by atoms with Crippen molar-refractivity contribution in [2.24, 2.45) is 16.8 Å². The number of hydrogen-bond donors (Lipinski definition) is 4. The number of primary sulfonamides is 1. The zero-order valence-electron chi connectivity index (χ0n) is 22.3. The molecule has 0 saturated heterocycles. The van der Waals surface area contributed by atoms with Crippen LogP contribution in [0.1, 0.15) is 51.8 Å². The molecule has 4 aromatic rings. The molecular formula is C29H29F3N6O3S. The first-order chi connectivity index (χ1) is 19.9. The predicted octanol–water partition coefficient (Wildman–Crippen LogP) is 4.34. The summed E-state index contributed by atoms with van der Waals surface area (Å²) in [6, 6.07) is 19.9. The highest BCUT2D eigenvalue weighted by Gasteiger charge is 2.36. The Labute approximate surface area is 240 Å². The summed E-state index contributed by atoms with van der Waals surface area (Å²) >= 11 is 0. The van der Waals surface area contributed by atoms with E-state index in [2.05, 4.69) is 15.7 Å². The molecule has 0 radical (unpaired) electrons. The van der Waals surface area contributed by atoms with Crippen LogP contribution in [0.25, 0.3) is 5.69 Å². The van der Waals surface area contributed by atoms with Crippen LogP contribution in [0.2, 0.25) is 0 Å². The smallest absolute Gasteiger partial charge is 0.326 e. The van der Waals surface area contributed by atoms with Gasteiger partial charge in [0.25, 0.3) is 5.91 Å². The van der Waals surface area contributed by atoms with Crippen molar-refractivity contribution in [1.29, 1.82) is 0 Å². The van der Waals surface area contributed by atoms with Gasteiger partial charge in [-0.25, -0.2) is 18.2 Å². The van der Waals surface area contributed by atoms with E-state index in [1.54, 1.807) is 54.6 Å². The Balaban J connectivity index is 1.45. The molecule has 1 fully saturated rings. The van der Waals surface area contributed by atoms with Gasteiger partial charge in [-0.15, -0.1) is 0 Å². The first-order valence-electron chi connectivity index (χ1n) is 13.2. The van der Waals surface area contributed by atoms with Gasteiger partial charge in [-0.05, 0) is 78.4 Å². The van der Waals surface area contributed by atoms with Crippen LogP contribution < -0.4 is 21.5 Å². The molecule has 1 heterocycles.